The predicted octanol–water partition coefficient (Wildman–Crippen LogP) is 3.16. The van der Waals surface area contributed by atoms with E-state index in [0.717, 1.165) is 11.1 Å². The molecule has 0 bridgehead atoms. The summed E-state index contributed by atoms with van der Waals surface area (Å²) < 4.78 is 25.7. The van der Waals surface area contributed by atoms with Gasteiger partial charge in [0.15, 0.2) is 9.84 Å². The zero-order valence-corrected chi connectivity index (χ0v) is 13.8. The Labute approximate surface area is 136 Å². The standard InChI is InChI=1S/C17H18ClNO2S/c1-11-2-4-12(5-3-11)16-15(10-19)17(16)22(20,21)14-8-6-13(18)7-9-14/h2-9,15-17H,10,19H2,1H3/t15-,16+,17+/m1/s1. The van der Waals surface area contributed by atoms with Gasteiger partial charge in [-0.25, -0.2) is 8.42 Å². The Kier molecular flexibility index (Phi) is 4.02. The van der Waals surface area contributed by atoms with Gasteiger partial charge in [0.2, 0.25) is 0 Å². The SMILES string of the molecule is Cc1ccc([C@H]2[C@@H](CN)[C@@H]2S(=O)(=O)c2ccc(Cl)cc2)cc1. The number of hydrogen-bond acceptors (Lipinski definition) is 3. The van der Waals surface area contributed by atoms with E-state index in [1.54, 1.807) is 24.3 Å². The van der Waals surface area contributed by atoms with Crippen LogP contribution >= 0.6 is 11.6 Å². The molecule has 0 unspecified atom stereocenters. The average Bonchev–Trinajstić information content (AvgIpc) is 3.24. The van der Waals surface area contributed by atoms with Crippen molar-refractivity contribution >= 4 is 21.4 Å². The fourth-order valence-electron chi connectivity index (χ4n) is 3.05. The zero-order valence-electron chi connectivity index (χ0n) is 12.2. The molecule has 0 spiro atoms. The molecule has 3 rings (SSSR count). The molecule has 0 heterocycles. The van der Waals surface area contributed by atoms with Crippen molar-refractivity contribution in [1.29, 1.82) is 0 Å². The van der Waals surface area contributed by atoms with Crippen LogP contribution in [0.25, 0.3) is 0 Å². The Bertz CT molecular complexity index is 769. The number of aryl methyl sites for hydroxylation is 1. The highest BCUT2D eigenvalue weighted by Crippen LogP contribution is 2.53. The van der Waals surface area contributed by atoms with Crippen LogP contribution in [-0.4, -0.2) is 20.2 Å². The van der Waals surface area contributed by atoms with E-state index in [1.807, 2.05) is 31.2 Å². The van der Waals surface area contributed by atoms with Crippen LogP contribution in [0.5, 0.6) is 0 Å². The summed E-state index contributed by atoms with van der Waals surface area (Å²) in [7, 11) is -3.39. The highest BCUT2D eigenvalue weighted by Gasteiger charge is 2.57. The van der Waals surface area contributed by atoms with E-state index in [4.69, 9.17) is 17.3 Å². The van der Waals surface area contributed by atoms with Crippen LogP contribution in [0.1, 0.15) is 17.0 Å². The number of hydrogen-bond donors (Lipinski definition) is 1. The topological polar surface area (TPSA) is 60.2 Å². The molecular formula is C17H18ClNO2S. The number of halogens is 1. The lowest BCUT2D eigenvalue weighted by Gasteiger charge is -2.05. The summed E-state index contributed by atoms with van der Waals surface area (Å²) in [6.45, 7) is 2.38. The molecule has 1 aliphatic rings. The minimum Gasteiger partial charge on any atom is -0.330 e. The first-order chi connectivity index (χ1) is 10.4. The van der Waals surface area contributed by atoms with Crippen LogP contribution in [0, 0.1) is 12.8 Å². The van der Waals surface area contributed by atoms with E-state index in [2.05, 4.69) is 0 Å². The Morgan fingerprint density at radius 1 is 1.05 bits per heavy atom. The summed E-state index contributed by atoms with van der Waals surface area (Å²) in [5.41, 5.74) is 8.00. The third kappa shape index (κ3) is 2.67. The quantitative estimate of drug-likeness (QED) is 0.933. The van der Waals surface area contributed by atoms with Crippen LogP contribution in [0.15, 0.2) is 53.4 Å². The largest absolute Gasteiger partial charge is 0.330 e. The highest BCUT2D eigenvalue weighted by atomic mass is 35.5. The molecule has 0 saturated heterocycles. The first-order valence-corrected chi connectivity index (χ1v) is 9.13. The molecule has 0 amide bonds. The van der Waals surface area contributed by atoms with Crippen LogP contribution < -0.4 is 5.73 Å². The van der Waals surface area contributed by atoms with E-state index in [0.29, 0.717) is 16.5 Å². The van der Waals surface area contributed by atoms with Crippen molar-refractivity contribution < 1.29 is 8.42 Å². The third-order valence-electron chi connectivity index (χ3n) is 4.33. The molecule has 116 valence electrons. The molecule has 1 aliphatic carbocycles. The fourth-order valence-corrected chi connectivity index (χ4v) is 5.40. The molecule has 22 heavy (non-hydrogen) atoms. The van der Waals surface area contributed by atoms with Crippen LogP contribution in [-0.2, 0) is 9.84 Å². The lowest BCUT2D eigenvalue weighted by atomic mass is 10.1. The maximum absolute atomic E-state index is 12.8. The summed E-state index contributed by atoms with van der Waals surface area (Å²) in [6.07, 6.45) is 0. The maximum Gasteiger partial charge on any atom is 0.182 e. The molecule has 2 N–H and O–H groups in total. The second kappa shape index (κ2) is 5.69. The highest BCUT2D eigenvalue weighted by molar-refractivity contribution is 7.92. The van der Waals surface area contributed by atoms with Gasteiger partial charge in [0.1, 0.15) is 0 Å². The lowest BCUT2D eigenvalue weighted by molar-refractivity contribution is 0.591. The molecule has 2 aromatic carbocycles. The molecule has 0 aliphatic heterocycles. The van der Waals surface area contributed by atoms with Crippen molar-refractivity contribution in [3.05, 3.63) is 64.7 Å². The first kappa shape index (κ1) is 15.5. The lowest BCUT2D eigenvalue weighted by Crippen LogP contribution is -2.13. The Hall–Kier alpha value is -1.36. The number of rotatable bonds is 4. The molecule has 0 aromatic heterocycles. The van der Waals surface area contributed by atoms with Crippen molar-refractivity contribution in [1.82, 2.24) is 0 Å². The summed E-state index contributed by atoms with van der Waals surface area (Å²) >= 11 is 5.84. The summed E-state index contributed by atoms with van der Waals surface area (Å²) in [5.74, 6) is -0.0466. The van der Waals surface area contributed by atoms with Gasteiger partial charge in [-0.05, 0) is 49.2 Å². The van der Waals surface area contributed by atoms with Crippen LogP contribution in [0.4, 0.5) is 0 Å². The van der Waals surface area contributed by atoms with Gasteiger partial charge >= 0.3 is 0 Å². The Morgan fingerprint density at radius 3 is 2.18 bits per heavy atom. The Morgan fingerprint density at radius 2 is 1.64 bits per heavy atom. The zero-order chi connectivity index (χ0) is 15.9. The smallest absolute Gasteiger partial charge is 0.182 e. The molecule has 3 nitrogen and oxygen atoms in total. The van der Waals surface area contributed by atoms with E-state index in [1.165, 1.54) is 0 Å². The number of nitrogens with two attached hydrogens (primary N) is 1. The summed E-state index contributed by atoms with van der Waals surface area (Å²) in [6, 6.07) is 14.4. The Balaban J connectivity index is 1.93. The van der Waals surface area contributed by atoms with Gasteiger partial charge < -0.3 is 5.73 Å². The molecule has 5 heteroatoms. The van der Waals surface area contributed by atoms with Gasteiger partial charge in [-0.3, -0.25) is 0 Å². The molecule has 3 atom stereocenters. The van der Waals surface area contributed by atoms with Crippen LogP contribution in [0.2, 0.25) is 5.02 Å². The molecule has 1 fully saturated rings. The number of benzene rings is 2. The fraction of sp³-hybridized carbons (Fsp3) is 0.294. The van der Waals surface area contributed by atoms with Gasteiger partial charge in [0.05, 0.1) is 10.1 Å². The van der Waals surface area contributed by atoms with Gasteiger partial charge in [0.25, 0.3) is 0 Å². The third-order valence-corrected chi connectivity index (χ3v) is 6.87. The van der Waals surface area contributed by atoms with Gasteiger partial charge in [-0.1, -0.05) is 41.4 Å². The van der Waals surface area contributed by atoms with Gasteiger partial charge in [-0.2, -0.15) is 0 Å². The van der Waals surface area contributed by atoms with E-state index in [-0.39, 0.29) is 11.8 Å². The molecule has 0 radical (unpaired) electrons. The van der Waals surface area contributed by atoms with Gasteiger partial charge in [0, 0.05) is 10.9 Å². The summed E-state index contributed by atoms with van der Waals surface area (Å²) in [4.78, 5) is 0.315. The minimum absolute atomic E-state index is 0.0220. The first-order valence-electron chi connectivity index (χ1n) is 7.21. The molecule has 1 saturated carbocycles. The van der Waals surface area contributed by atoms with Crippen LogP contribution in [0.3, 0.4) is 0 Å². The molecular weight excluding hydrogens is 318 g/mol. The second-order valence-electron chi connectivity index (χ2n) is 5.80. The molecule has 2 aromatic rings. The predicted molar refractivity (Wildman–Crippen MR) is 88.9 cm³/mol. The second-order valence-corrected chi connectivity index (χ2v) is 8.34. The maximum atomic E-state index is 12.8. The average molecular weight is 336 g/mol. The van der Waals surface area contributed by atoms with Crippen molar-refractivity contribution in [2.24, 2.45) is 11.7 Å². The van der Waals surface area contributed by atoms with E-state index >= 15 is 0 Å². The summed E-state index contributed by atoms with van der Waals surface area (Å²) in [5, 5.41) is 0.0848. The van der Waals surface area contributed by atoms with Crippen molar-refractivity contribution in [3.63, 3.8) is 0 Å². The number of sulfone groups is 1. The van der Waals surface area contributed by atoms with E-state index in [9.17, 15) is 8.42 Å². The monoisotopic (exact) mass is 335 g/mol. The van der Waals surface area contributed by atoms with Gasteiger partial charge in [-0.15, -0.1) is 0 Å². The minimum atomic E-state index is -3.39. The normalized spacial score (nSPS) is 24.2. The van der Waals surface area contributed by atoms with Crippen molar-refractivity contribution in [2.75, 3.05) is 6.54 Å². The van der Waals surface area contributed by atoms with E-state index < -0.39 is 15.1 Å². The van der Waals surface area contributed by atoms with Crippen molar-refractivity contribution in [3.8, 4) is 0 Å². The van der Waals surface area contributed by atoms with Crippen molar-refractivity contribution in [2.45, 2.75) is 23.0 Å².